The Morgan fingerprint density at radius 2 is 1.04 bits per heavy atom. The Balaban J connectivity index is 1.22. The van der Waals surface area contributed by atoms with E-state index in [0.29, 0.717) is 0 Å². The molecule has 47 heavy (non-hydrogen) atoms. The highest BCUT2D eigenvalue weighted by Gasteiger charge is 2.18. The van der Waals surface area contributed by atoms with Crippen LogP contribution in [0.4, 0.5) is 17.1 Å². The van der Waals surface area contributed by atoms with Crippen LogP contribution in [-0.4, -0.2) is 14.0 Å². The molecule has 9 rings (SSSR count). The molecule has 0 aliphatic rings. The third-order valence-electron chi connectivity index (χ3n) is 8.93. The highest BCUT2D eigenvalue weighted by molar-refractivity contribution is 6.11. The summed E-state index contributed by atoms with van der Waals surface area (Å²) in [5, 5.41) is 2.43. The van der Waals surface area contributed by atoms with Gasteiger partial charge in [-0.25, -0.2) is 4.98 Å². The molecule has 0 bridgehead atoms. The highest BCUT2D eigenvalue weighted by atomic mass is 15.1. The van der Waals surface area contributed by atoms with Gasteiger partial charge in [0.2, 0.25) is 0 Å². The van der Waals surface area contributed by atoms with Gasteiger partial charge in [-0.3, -0.25) is 0 Å². The summed E-state index contributed by atoms with van der Waals surface area (Å²) in [6.07, 6.45) is 4.12. The van der Waals surface area contributed by atoms with Gasteiger partial charge in [-0.15, -0.1) is 0 Å². The summed E-state index contributed by atoms with van der Waals surface area (Å²) in [6, 6.07) is 60.3. The number of para-hydroxylation sites is 2. The predicted octanol–water partition coefficient (Wildman–Crippen LogP) is 11.2. The van der Waals surface area contributed by atoms with Gasteiger partial charge in [0.05, 0.1) is 16.7 Å². The van der Waals surface area contributed by atoms with Crippen molar-refractivity contribution in [3.8, 4) is 28.1 Å². The number of benzene rings is 6. The molecule has 0 aliphatic carbocycles. The molecule has 0 spiro atoms. The fourth-order valence-electron chi connectivity index (χ4n) is 6.70. The van der Waals surface area contributed by atoms with E-state index in [1.165, 1.54) is 32.9 Å². The monoisotopic (exact) mass is 602 g/mol. The van der Waals surface area contributed by atoms with E-state index in [0.717, 1.165) is 39.7 Å². The number of imidazole rings is 1. The molecule has 6 aromatic carbocycles. The Kier molecular flexibility index (Phi) is 6.43. The molecule has 3 heterocycles. The van der Waals surface area contributed by atoms with Gasteiger partial charge in [0.1, 0.15) is 5.65 Å². The third kappa shape index (κ3) is 4.75. The molecular formula is C43H30N4. The minimum Gasteiger partial charge on any atom is -0.310 e. The van der Waals surface area contributed by atoms with Crippen molar-refractivity contribution in [2.45, 2.75) is 0 Å². The lowest BCUT2D eigenvalue weighted by molar-refractivity contribution is 1.18. The van der Waals surface area contributed by atoms with Crippen LogP contribution in [0, 0.1) is 0 Å². The zero-order chi connectivity index (χ0) is 31.2. The topological polar surface area (TPSA) is 25.5 Å². The Hall–Kier alpha value is -6.39. The fraction of sp³-hybridized carbons (Fsp3) is 0. The zero-order valence-corrected chi connectivity index (χ0v) is 25.6. The molecule has 9 aromatic rings. The van der Waals surface area contributed by atoms with Crippen LogP contribution in [0.5, 0.6) is 0 Å². The van der Waals surface area contributed by atoms with Crippen LogP contribution >= 0.6 is 0 Å². The normalized spacial score (nSPS) is 11.4. The first-order chi connectivity index (χ1) is 23.3. The first-order valence-electron chi connectivity index (χ1n) is 15.9. The van der Waals surface area contributed by atoms with E-state index in [1.54, 1.807) is 0 Å². The van der Waals surface area contributed by atoms with E-state index in [1.807, 2.05) is 24.4 Å². The molecule has 4 heteroatoms. The lowest BCUT2D eigenvalue weighted by atomic mass is 10.0. The number of nitrogens with zero attached hydrogens (tertiary/aromatic N) is 4. The van der Waals surface area contributed by atoms with Gasteiger partial charge in [0, 0.05) is 51.5 Å². The average molecular weight is 603 g/mol. The maximum Gasteiger partial charge on any atom is 0.137 e. The van der Waals surface area contributed by atoms with Crippen LogP contribution in [0.25, 0.3) is 55.5 Å². The van der Waals surface area contributed by atoms with Gasteiger partial charge in [-0.2, -0.15) is 0 Å². The average Bonchev–Trinajstić information content (AvgIpc) is 3.72. The van der Waals surface area contributed by atoms with E-state index in [-0.39, 0.29) is 0 Å². The molecule has 3 aromatic heterocycles. The Bertz CT molecular complexity index is 2460. The van der Waals surface area contributed by atoms with E-state index >= 15 is 0 Å². The zero-order valence-electron chi connectivity index (χ0n) is 25.6. The number of aromatic nitrogens is 3. The minimum atomic E-state index is 0.941. The van der Waals surface area contributed by atoms with Gasteiger partial charge in [0.25, 0.3) is 0 Å². The summed E-state index contributed by atoms with van der Waals surface area (Å²) in [5.41, 5.74) is 12.2. The highest BCUT2D eigenvalue weighted by Crippen LogP contribution is 2.41. The van der Waals surface area contributed by atoms with Crippen LogP contribution in [0.3, 0.4) is 0 Å². The molecule has 0 amide bonds. The van der Waals surface area contributed by atoms with E-state index in [4.69, 9.17) is 4.98 Å². The molecule has 0 saturated carbocycles. The number of pyridine rings is 1. The third-order valence-corrected chi connectivity index (χ3v) is 8.93. The minimum absolute atomic E-state index is 0.941. The molecule has 0 fully saturated rings. The predicted molar refractivity (Wildman–Crippen MR) is 195 cm³/mol. The summed E-state index contributed by atoms with van der Waals surface area (Å²) in [7, 11) is 0. The Morgan fingerprint density at radius 3 is 1.79 bits per heavy atom. The largest absolute Gasteiger partial charge is 0.310 e. The molecular weight excluding hydrogens is 573 g/mol. The van der Waals surface area contributed by atoms with Crippen LogP contribution in [0.15, 0.2) is 182 Å². The summed E-state index contributed by atoms with van der Waals surface area (Å²) < 4.78 is 4.43. The number of rotatable bonds is 6. The van der Waals surface area contributed by atoms with Crippen molar-refractivity contribution in [2.75, 3.05) is 4.90 Å². The Morgan fingerprint density at radius 1 is 0.447 bits per heavy atom. The molecule has 0 aliphatic heterocycles. The maximum atomic E-state index is 4.84. The molecule has 0 atom stereocenters. The first-order valence-corrected chi connectivity index (χ1v) is 15.9. The van der Waals surface area contributed by atoms with Crippen LogP contribution in [0.1, 0.15) is 0 Å². The number of hydrogen-bond acceptors (Lipinski definition) is 2. The second kappa shape index (κ2) is 11.2. The van der Waals surface area contributed by atoms with Crippen molar-refractivity contribution < 1.29 is 0 Å². The van der Waals surface area contributed by atoms with Crippen molar-refractivity contribution in [1.82, 2.24) is 14.0 Å². The summed E-state index contributed by atoms with van der Waals surface area (Å²) in [6.45, 7) is 0. The molecule has 0 unspecified atom stereocenters. The summed E-state index contributed by atoms with van der Waals surface area (Å²) in [4.78, 5) is 7.17. The lowest BCUT2D eigenvalue weighted by Gasteiger charge is -2.26. The lowest BCUT2D eigenvalue weighted by Crippen LogP contribution is -2.09. The van der Waals surface area contributed by atoms with Gasteiger partial charge in [-0.1, -0.05) is 91.0 Å². The van der Waals surface area contributed by atoms with Crippen LogP contribution in [0.2, 0.25) is 0 Å². The standard InChI is InChI=1S/C43H30N4/c1-4-12-31(13-5-1)33-21-25-41-38(28-33)39-29-37(24-26-42(39)47(41)35-16-8-3-9-17-35)46(34-14-6-2-7-15-34)36-22-19-32(20-23-36)40-30-45-27-11-10-18-43(45)44-40/h1-30H. The van der Waals surface area contributed by atoms with Crippen molar-refractivity contribution in [3.05, 3.63) is 182 Å². The maximum absolute atomic E-state index is 4.84. The molecule has 222 valence electrons. The van der Waals surface area contributed by atoms with Crippen molar-refractivity contribution >= 4 is 44.5 Å². The number of anilines is 3. The first kappa shape index (κ1) is 27.0. The fourth-order valence-corrected chi connectivity index (χ4v) is 6.70. The molecule has 0 radical (unpaired) electrons. The van der Waals surface area contributed by atoms with E-state index in [9.17, 15) is 0 Å². The van der Waals surface area contributed by atoms with Gasteiger partial charge >= 0.3 is 0 Å². The van der Waals surface area contributed by atoms with E-state index in [2.05, 4.69) is 172 Å². The Labute approximate surface area is 273 Å². The SMILES string of the molecule is c1ccc(-c2ccc3c(c2)c2cc(N(c4ccccc4)c4ccc(-c5cn6ccccc6n5)cc4)ccc2n3-c2ccccc2)cc1. The van der Waals surface area contributed by atoms with Crippen LogP contribution < -0.4 is 4.90 Å². The van der Waals surface area contributed by atoms with Gasteiger partial charge in [-0.05, 0) is 90.0 Å². The molecule has 0 N–H and O–H groups in total. The van der Waals surface area contributed by atoms with E-state index < -0.39 is 0 Å². The van der Waals surface area contributed by atoms with Crippen molar-refractivity contribution in [2.24, 2.45) is 0 Å². The quantitative estimate of drug-likeness (QED) is 0.189. The molecule has 0 saturated heterocycles. The second-order valence-corrected chi connectivity index (χ2v) is 11.8. The summed E-state index contributed by atoms with van der Waals surface area (Å²) in [5.74, 6) is 0. The summed E-state index contributed by atoms with van der Waals surface area (Å²) >= 11 is 0. The number of hydrogen-bond donors (Lipinski definition) is 0. The molecule has 4 nitrogen and oxygen atoms in total. The van der Waals surface area contributed by atoms with Crippen molar-refractivity contribution in [1.29, 1.82) is 0 Å². The smallest absolute Gasteiger partial charge is 0.137 e. The number of fused-ring (bicyclic) bond motifs is 4. The second-order valence-electron chi connectivity index (χ2n) is 11.8. The van der Waals surface area contributed by atoms with Gasteiger partial charge < -0.3 is 13.9 Å². The van der Waals surface area contributed by atoms with Crippen molar-refractivity contribution in [3.63, 3.8) is 0 Å². The van der Waals surface area contributed by atoms with Gasteiger partial charge in [0.15, 0.2) is 0 Å². The van der Waals surface area contributed by atoms with Crippen LogP contribution in [-0.2, 0) is 0 Å².